The van der Waals surface area contributed by atoms with E-state index in [0.29, 0.717) is 0 Å². The Bertz CT molecular complexity index is 1000. The fraction of sp³-hybridized carbons (Fsp3) is 0.318. The first kappa shape index (κ1) is 26.7. The molecule has 0 bridgehead atoms. The Morgan fingerprint density at radius 3 is 1.40 bits per heavy atom. The van der Waals surface area contributed by atoms with Gasteiger partial charge in [0.2, 0.25) is 0 Å². The molecule has 0 aliphatic heterocycles. The summed E-state index contributed by atoms with van der Waals surface area (Å²) in [6, 6.07) is 2.24. The summed E-state index contributed by atoms with van der Waals surface area (Å²) in [6.45, 7) is 3.71. The van der Waals surface area contributed by atoms with Crippen molar-refractivity contribution in [1.29, 1.82) is 0 Å². The smallest absolute Gasteiger partial charge is 0.408 e. The van der Waals surface area contributed by atoms with Crippen molar-refractivity contribution in [3.8, 4) is 34.5 Å². The van der Waals surface area contributed by atoms with Crippen LogP contribution in [0.4, 0.5) is 4.79 Å². The van der Waals surface area contributed by atoms with E-state index in [2.05, 4.69) is 5.32 Å². The maximum atomic E-state index is 12.3. The zero-order chi connectivity index (χ0) is 26.5. The van der Waals surface area contributed by atoms with Gasteiger partial charge in [0.15, 0.2) is 34.5 Å². The Labute approximate surface area is 198 Å². The molecule has 2 aromatic carbocycles. The topological polar surface area (TPSA) is 212 Å². The zero-order valence-electron chi connectivity index (χ0n) is 18.9. The summed E-state index contributed by atoms with van der Waals surface area (Å²) in [5.74, 6) is -6.83. The first-order valence-electron chi connectivity index (χ1n) is 10.0. The van der Waals surface area contributed by atoms with Gasteiger partial charge in [-0.1, -0.05) is 0 Å². The predicted molar refractivity (Wildman–Crippen MR) is 117 cm³/mol. The van der Waals surface area contributed by atoms with E-state index in [1.54, 1.807) is 20.8 Å². The van der Waals surface area contributed by atoms with Gasteiger partial charge in [-0.2, -0.15) is 0 Å². The van der Waals surface area contributed by atoms with E-state index in [0.717, 1.165) is 24.3 Å². The van der Waals surface area contributed by atoms with E-state index >= 15 is 0 Å². The van der Waals surface area contributed by atoms with Gasteiger partial charge in [-0.05, 0) is 45.0 Å². The van der Waals surface area contributed by atoms with Crippen LogP contribution in [-0.2, 0) is 14.2 Å². The molecule has 0 unspecified atom stereocenters. The maximum Gasteiger partial charge on any atom is 0.408 e. The SMILES string of the molecule is CC(C)(C)OC(=O)NC(COC(=O)c1cc(O)c(O)c(O)c1)COC(=O)c1cc(O)c(O)c(O)c1. The van der Waals surface area contributed by atoms with Crippen LogP contribution in [0.1, 0.15) is 41.5 Å². The van der Waals surface area contributed by atoms with Crippen molar-refractivity contribution in [2.45, 2.75) is 32.4 Å². The Kier molecular flexibility index (Phi) is 8.08. The molecule has 190 valence electrons. The third kappa shape index (κ3) is 7.48. The summed E-state index contributed by atoms with van der Waals surface area (Å²) >= 11 is 0. The van der Waals surface area contributed by atoms with Crippen LogP contribution in [0, 0.1) is 0 Å². The van der Waals surface area contributed by atoms with E-state index < -0.39 is 77.4 Å². The van der Waals surface area contributed by atoms with Gasteiger partial charge in [-0.25, -0.2) is 14.4 Å². The molecule has 13 nitrogen and oxygen atoms in total. The molecule has 0 fully saturated rings. The Morgan fingerprint density at radius 2 is 1.09 bits per heavy atom. The van der Waals surface area contributed by atoms with Gasteiger partial charge in [0.05, 0.1) is 11.1 Å². The number of nitrogens with one attached hydrogen (secondary N) is 1. The van der Waals surface area contributed by atoms with Crippen molar-refractivity contribution in [3.63, 3.8) is 0 Å². The van der Waals surface area contributed by atoms with Crippen LogP contribution in [0.25, 0.3) is 0 Å². The summed E-state index contributed by atoms with van der Waals surface area (Å²) in [5, 5.41) is 59.3. The van der Waals surface area contributed by atoms with E-state index in [1.807, 2.05) is 0 Å². The predicted octanol–water partition coefficient (Wildman–Crippen LogP) is 1.83. The van der Waals surface area contributed by atoms with Crippen molar-refractivity contribution < 1.29 is 59.2 Å². The molecular weight excluding hydrogens is 470 g/mol. The summed E-state index contributed by atoms with van der Waals surface area (Å²) in [7, 11) is 0. The van der Waals surface area contributed by atoms with E-state index in [1.165, 1.54) is 0 Å². The number of esters is 2. The maximum absolute atomic E-state index is 12.3. The van der Waals surface area contributed by atoms with Gasteiger partial charge in [0.1, 0.15) is 24.9 Å². The Morgan fingerprint density at radius 1 is 0.743 bits per heavy atom. The van der Waals surface area contributed by atoms with Gasteiger partial charge in [-0.15, -0.1) is 0 Å². The molecule has 0 aliphatic rings. The highest BCUT2D eigenvalue weighted by molar-refractivity contribution is 5.91. The standard InChI is InChI=1S/C22H25NO12/c1-22(2,3)35-21(32)23-12(8-33-19(30)10-4-13(24)17(28)14(25)5-10)9-34-20(31)11-6-15(26)18(29)16(27)7-11/h4-7,12,24-29H,8-9H2,1-3H3,(H,23,32). The number of aromatic hydroxyl groups is 6. The van der Waals surface area contributed by atoms with Crippen molar-refractivity contribution in [1.82, 2.24) is 5.32 Å². The quantitative estimate of drug-likeness (QED) is 0.166. The van der Waals surface area contributed by atoms with E-state index in [9.17, 15) is 45.0 Å². The summed E-state index contributed by atoms with van der Waals surface area (Å²) in [4.78, 5) is 36.7. The van der Waals surface area contributed by atoms with Crippen molar-refractivity contribution >= 4 is 18.0 Å². The number of hydrogen-bond donors (Lipinski definition) is 7. The molecule has 0 aliphatic carbocycles. The Hall–Kier alpha value is -4.55. The normalized spacial score (nSPS) is 11.1. The van der Waals surface area contributed by atoms with Crippen LogP contribution in [0.5, 0.6) is 34.5 Å². The molecule has 0 radical (unpaired) electrons. The van der Waals surface area contributed by atoms with Crippen LogP contribution < -0.4 is 5.32 Å². The summed E-state index contributed by atoms with van der Waals surface area (Å²) in [6.07, 6.45) is -0.922. The van der Waals surface area contributed by atoms with Gasteiger partial charge in [0, 0.05) is 0 Å². The van der Waals surface area contributed by atoms with Crippen LogP contribution in [-0.4, -0.2) is 73.5 Å². The highest BCUT2D eigenvalue weighted by Crippen LogP contribution is 2.36. The monoisotopic (exact) mass is 495 g/mol. The molecule has 0 saturated heterocycles. The second-order valence-corrected chi connectivity index (χ2v) is 8.27. The molecule has 0 spiro atoms. The third-order valence-corrected chi connectivity index (χ3v) is 4.16. The number of carbonyl (C=O) groups excluding carboxylic acids is 3. The average molecular weight is 495 g/mol. The molecule has 0 heterocycles. The van der Waals surface area contributed by atoms with E-state index in [4.69, 9.17) is 14.2 Å². The van der Waals surface area contributed by atoms with Gasteiger partial charge >= 0.3 is 18.0 Å². The van der Waals surface area contributed by atoms with Crippen molar-refractivity contribution in [3.05, 3.63) is 35.4 Å². The van der Waals surface area contributed by atoms with E-state index in [-0.39, 0.29) is 11.1 Å². The number of amides is 1. The van der Waals surface area contributed by atoms with Crippen LogP contribution in [0.15, 0.2) is 24.3 Å². The second kappa shape index (κ2) is 10.6. The van der Waals surface area contributed by atoms with Gasteiger partial charge in [0.25, 0.3) is 0 Å². The number of alkyl carbamates (subject to hydrolysis) is 1. The summed E-state index contributed by atoms with van der Waals surface area (Å²) < 4.78 is 15.2. The largest absolute Gasteiger partial charge is 0.504 e. The second-order valence-electron chi connectivity index (χ2n) is 8.27. The molecule has 0 atom stereocenters. The molecule has 35 heavy (non-hydrogen) atoms. The van der Waals surface area contributed by atoms with Crippen LogP contribution in [0.2, 0.25) is 0 Å². The molecule has 7 N–H and O–H groups in total. The lowest BCUT2D eigenvalue weighted by atomic mass is 10.2. The molecule has 13 heteroatoms. The highest BCUT2D eigenvalue weighted by atomic mass is 16.6. The first-order chi connectivity index (χ1) is 16.2. The molecule has 0 saturated carbocycles. The summed E-state index contributed by atoms with van der Waals surface area (Å²) in [5.41, 5.74) is -1.51. The minimum absolute atomic E-state index is 0.319. The minimum atomic E-state index is -1.14. The highest BCUT2D eigenvalue weighted by Gasteiger charge is 2.24. The molecule has 0 aromatic heterocycles. The number of phenolic OH excluding ortho intramolecular Hbond substituents is 6. The minimum Gasteiger partial charge on any atom is -0.504 e. The van der Waals surface area contributed by atoms with Crippen LogP contribution >= 0.6 is 0 Å². The molecule has 1 amide bonds. The Balaban J connectivity index is 2.12. The van der Waals surface area contributed by atoms with Crippen molar-refractivity contribution in [2.24, 2.45) is 0 Å². The van der Waals surface area contributed by atoms with Gasteiger partial charge in [-0.3, -0.25) is 0 Å². The lowest BCUT2D eigenvalue weighted by molar-refractivity contribution is 0.0229. The average Bonchev–Trinajstić information content (AvgIpc) is 2.75. The molecular formula is C22H25NO12. The van der Waals surface area contributed by atoms with Gasteiger partial charge < -0.3 is 50.2 Å². The number of carbonyl (C=O) groups is 3. The number of rotatable bonds is 7. The number of hydrogen-bond acceptors (Lipinski definition) is 12. The number of phenols is 6. The van der Waals surface area contributed by atoms with Crippen LogP contribution in [0.3, 0.4) is 0 Å². The zero-order valence-corrected chi connectivity index (χ0v) is 18.9. The molecule has 2 aromatic rings. The number of benzene rings is 2. The fourth-order valence-corrected chi connectivity index (χ4v) is 2.57. The first-order valence-corrected chi connectivity index (χ1v) is 10.0. The molecule has 2 rings (SSSR count). The number of ether oxygens (including phenoxy) is 3. The van der Waals surface area contributed by atoms with Crippen molar-refractivity contribution in [2.75, 3.05) is 13.2 Å². The third-order valence-electron chi connectivity index (χ3n) is 4.16. The lowest BCUT2D eigenvalue weighted by Crippen LogP contribution is -2.44. The lowest BCUT2D eigenvalue weighted by Gasteiger charge is -2.23. The fourth-order valence-electron chi connectivity index (χ4n) is 2.57.